The molecular weight excluding hydrogens is 302 g/mol. The SMILES string of the molecule is Cc1cc(C(=O)NC2CCNCC2O)c2cccc(Cl)c2n1. The summed E-state index contributed by atoms with van der Waals surface area (Å²) in [4.78, 5) is 17.0. The van der Waals surface area contributed by atoms with Gasteiger partial charge in [0, 0.05) is 17.6 Å². The third-order valence-electron chi connectivity index (χ3n) is 3.93. The van der Waals surface area contributed by atoms with E-state index in [1.807, 2.05) is 13.0 Å². The summed E-state index contributed by atoms with van der Waals surface area (Å²) in [5.74, 6) is -0.205. The molecule has 2 aromatic rings. The second-order valence-electron chi connectivity index (χ2n) is 5.59. The average molecular weight is 320 g/mol. The van der Waals surface area contributed by atoms with Crippen molar-refractivity contribution in [3.05, 3.63) is 40.5 Å². The molecule has 5 nitrogen and oxygen atoms in total. The highest BCUT2D eigenvalue weighted by atomic mass is 35.5. The summed E-state index contributed by atoms with van der Waals surface area (Å²) >= 11 is 6.18. The molecule has 1 aromatic carbocycles. The number of aryl methyl sites for hydroxylation is 1. The molecule has 3 rings (SSSR count). The van der Waals surface area contributed by atoms with Gasteiger partial charge in [0.25, 0.3) is 5.91 Å². The van der Waals surface area contributed by atoms with E-state index in [0.717, 1.165) is 17.6 Å². The van der Waals surface area contributed by atoms with Crippen LogP contribution in [-0.2, 0) is 0 Å². The zero-order valence-electron chi connectivity index (χ0n) is 12.3. The second-order valence-corrected chi connectivity index (χ2v) is 5.99. The van der Waals surface area contributed by atoms with Crippen LogP contribution in [0.5, 0.6) is 0 Å². The fourth-order valence-electron chi connectivity index (χ4n) is 2.79. The first-order valence-corrected chi connectivity index (χ1v) is 7.69. The zero-order chi connectivity index (χ0) is 15.7. The first-order valence-electron chi connectivity index (χ1n) is 7.32. The lowest BCUT2D eigenvalue weighted by Crippen LogP contribution is -2.52. The molecule has 22 heavy (non-hydrogen) atoms. The number of pyridine rings is 1. The lowest BCUT2D eigenvalue weighted by molar-refractivity contribution is 0.0766. The van der Waals surface area contributed by atoms with Crippen molar-refractivity contribution in [3.8, 4) is 0 Å². The molecule has 2 atom stereocenters. The first kappa shape index (κ1) is 15.2. The molecule has 1 amide bonds. The van der Waals surface area contributed by atoms with Crippen molar-refractivity contribution in [2.24, 2.45) is 0 Å². The number of carbonyl (C=O) groups excluding carboxylic acids is 1. The van der Waals surface area contributed by atoms with Crippen LogP contribution in [0.2, 0.25) is 5.02 Å². The molecule has 0 radical (unpaired) electrons. The van der Waals surface area contributed by atoms with Crippen molar-refractivity contribution in [2.45, 2.75) is 25.5 Å². The van der Waals surface area contributed by atoms with E-state index in [9.17, 15) is 9.90 Å². The lowest BCUT2D eigenvalue weighted by Gasteiger charge is -2.29. The van der Waals surface area contributed by atoms with Gasteiger partial charge in [-0.15, -0.1) is 0 Å². The molecular formula is C16H18ClN3O2. The summed E-state index contributed by atoms with van der Waals surface area (Å²) in [7, 11) is 0. The number of amides is 1. The van der Waals surface area contributed by atoms with Crippen LogP contribution in [-0.4, -0.2) is 41.2 Å². The van der Waals surface area contributed by atoms with Crippen molar-refractivity contribution < 1.29 is 9.90 Å². The van der Waals surface area contributed by atoms with Crippen LogP contribution < -0.4 is 10.6 Å². The number of hydrogen-bond donors (Lipinski definition) is 3. The molecule has 6 heteroatoms. The summed E-state index contributed by atoms with van der Waals surface area (Å²) in [5, 5.41) is 17.2. The normalized spacial score (nSPS) is 21.8. The van der Waals surface area contributed by atoms with Crippen LogP contribution in [0.4, 0.5) is 0 Å². The number of aromatic nitrogens is 1. The van der Waals surface area contributed by atoms with Gasteiger partial charge in [0.2, 0.25) is 0 Å². The van der Waals surface area contributed by atoms with E-state index >= 15 is 0 Å². The Bertz CT molecular complexity index is 720. The lowest BCUT2D eigenvalue weighted by atomic mass is 10.0. The summed E-state index contributed by atoms with van der Waals surface area (Å²) < 4.78 is 0. The van der Waals surface area contributed by atoms with E-state index in [-0.39, 0.29) is 11.9 Å². The Morgan fingerprint density at radius 3 is 3.09 bits per heavy atom. The minimum atomic E-state index is -0.574. The van der Waals surface area contributed by atoms with Gasteiger partial charge >= 0.3 is 0 Å². The van der Waals surface area contributed by atoms with Crippen LogP contribution in [0.25, 0.3) is 10.9 Å². The van der Waals surface area contributed by atoms with Gasteiger partial charge in [-0.25, -0.2) is 0 Å². The number of aliphatic hydroxyl groups is 1. The standard InChI is InChI=1S/C16H18ClN3O2/c1-9-7-11(10-3-2-4-12(17)15(10)19-9)16(22)20-13-5-6-18-8-14(13)21/h2-4,7,13-14,18,21H,5-6,8H2,1H3,(H,20,22). The quantitative estimate of drug-likeness (QED) is 0.787. The molecule has 0 saturated carbocycles. The maximum Gasteiger partial charge on any atom is 0.252 e. The molecule has 116 valence electrons. The van der Waals surface area contributed by atoms with Crippen molar-refractivity contribution >= 4 is 28.4 Å². The molecule has 1 fully saturated rings. The van der Waals surface area contributed by atoms with Gasteiger partial charge in [-0.3, -0.25) is 9.78 Å². The largest absolute Gasteiger partial charge is 0.390 e. The maximum absolute atomic E-state index is 12.6. The fraction of sp³-hybridized carbons (Fsp3) is 0.375. The Labute approximate surface area is 133 Å². The average Bonchev–Trinajstić information content (AvgIpc) is 2.50. The number of piperidine rings is 1. The monoisotopic (exact) mass is 319 g/mol. The van der Waals surface area contributed by atoms with Gasteiger partial charge in [0.1, 0.15) is 0 Å². The Balaban J connectivity index is 1.95. The third-order valence-corrected chi connectivity index (χ3v) is 4.23. The van der Waals surface area contributed by atoms with E-state index in [0.29, 0.717) is 29.1 Å². The topological polar surface area (TPSA) is 74.2 Å². The van der Waals surface area contributed by atoms with Gasteiger partial charge < -0.3 is 15.7 Å². The highest BCUT2D eigenvalue weighted by Gasteiger charge is 2.25. The highest BCUT2D eigenvalue weighted by molar-refractivity contribution is 6.35. The highest BCUT2D eigenvalue weighted by Crippen LogP contribution is 2.25. The first-order chi connectivity index (χ1) is 10.6. The number of nitrogens with zero attached hydrogens (tertiary/aromatic N) is 1. The predicted molar refractivity (Wildman–Crippen MR) is 86.2 cm³/mol. The number of fused-ring (bicyclic) bond motifs is 1. The van der Waals surface area contributed by atoms with Gasteiger partial charge in [-0.2, -0.15) is 0 Å². The number of benzene rings is 1. The van der Waals surface area contributed by atoms with Crippen molar-refractivity contribution in [2.75, 3.05) is 13.1 Å². The summed E-state index contributed by atoms with van der Waals surface area (Å²) in [5.41, 5.74) is 1.90. The van der Waals surface area contributed by atoms with Gasteiger partial charge in [-0.1, -0.05) is 23.7 Å². The second kappa shape index (κ2) is 6.20. The van der Waals surface area contributed by atoms with Crippen molar-refractivity contribution in [3.63, 3.8) is 0 Å². The van der Waals surface area contributed by atoms with Crippen LogP contribution in [0.3, 0.4) is 0 Å². The third kappa shape index (κ3) is 2.92. The Morgan fingerprint density at radius 2 is 2.32 bits per heavy atom. The molecule has 1 aliphatic rings. The Kier molecular flexibility index (Phi) is 4.29. The summed E-state index contributed by atoms with van der Waals surface area (Å²) in [6, 6.07) is 6.91. The number of β-amino-alcohol motifs (C(OH)–C–C–N with tert-alkyl or cyclic N) is 1. The Hall–Kier alpha value is -1.69. The molecule has 1 aliphatic heterocycles. The predicted octanol–water partition coefficient (Wildman–Crippen LogP) is 1.65. The number of halogens is 1. The number of nitrogens with one attached hydrogen (secondary N) is 2. The maximum atomic E-state index is 12.6. The van der Waals surface area contributed by atoms with Crippen LogP contribution in [0.15, 0.2) is 24.3 Å². The zero-order valence-corrected chi connectivity index (χ0v) is 13.0. The van der Waals surface area contributed by atoms with E-state index in [1.54, 1.807) is 18.2 Å². The van der Waals surface area contributed by atoms with Crippen LogP contribution in [0, 0.1) is 6.92 Å². The summed E-state index contributed by atoms with van der Waals surface area (Å²) in [6.45, 7) is 3.11. The fourth-order valence-corrected chi connectivity index (χ4v) is 3.00. The van der Waals surface area contributed by atoms with Crippen LogP contribution >= 0.6 is 11.6 Å². The van der Waals surface area contributed by atoms with Gasteiger partial charge in [-0.05, 0) is 32.0 Å². The summed E-state index contributed by atoms with van der Waals surface area (Å²) in [6.07, 6.45) is 0.130. The van der Waals surface area contributed by atoms with E-state index < -0.39 is 6.10 Å². The number of carbonyl (C=O) groups is 1. The molecule has 1 aromatic heterocycles. The van der Waals surface area contributed by atoms with Crippen molar-refractivity contribution in [1.82, 2.24) is 15.6 Å². The number of hydrogen-bond acceptors (Lipinski definition) is 4. The van der Waals surface area contributed by atoms with E-state index in [2.05, 4.69) is 15.6 Å². The molecule has 1 saturated heterocycles. The van der Waals surface area contributed by atoms with E-state index in [1.165, 1.54) is 0 Å². The molecule has 2 unspecified atom stereocenters. The molecule has 2 heterocycles. The minimum absolute atomic E-state index is 0.205. The molecule has 0 bridgehead atoms. The van der Waals surface area contributed by atoms with Crippen LogP contribution in [0.1, 0.15) is 22.5 Å². The smallest absolute Gasteiger partial charge is 0.252 e. The Morgan fingerprint density at radius 1 is 1.50 bits per heavy atom. The molecule has 0 spiro atoms. The van der Waals surface area contributed by atoms with E-state index in [4.69, 9.17) is 11.6 Å². The number of rotatable bonds is 2. The molecule has 0 aliphatic carbocycles. The van der Waals surface area contributed by atoms with Gasteiger partial charge in [0.05, 0.1) is 28.2 Å². The molecule has 3 N–H and O–H groups in total. The number of aliphatic hydroxyl groups excluding tert-OH is 1. The van der Waals surface area contributed by atoms with Gasteiger partial charge in [0.15, 0.2) is 0 Å². The minimum Gasteiger partial charge on any atom is -0.390 e. The number of para-hydroxylation sites is 1. The van der Waals surface area contributed by atoms with Crippen molar-refractivity contribution in [1.29, 1.82) is 0 Å².